The first kappa shape index (κ1) is 10.6. The van der Waals surface area contributed by atoms with Gasteiger partial charge in [0.05, 0.1) is 0 Å². The number of rotatable bonds is 2. The molecule has 0 aliphatic heterocycles. The van der Waals surface area contributed by atoms with Crippen molar-refractivity contribution in [1.82, 2.24) is 0 Å². The number of thioether (sulfide) groups is 1. The maximum Gasteiger partial charge on any atom is 0.00747 e. The molecule has 0 N–H and O–H groups in total. The molecule has 0 nitrogen and oxygen atoms in total. The highest BCUT2D eigenvalue weighted by Crippen LogP contribution is 2.26. The van der Waals surface area contributed by atoms with Crippen molar-refractivity contribution < 1.29 is 0 Å². The average molecular weight is 194 g/mol. The van der Waals surface area contributed by atoms with Crippen LogP contribution in [0.3, 0.4) is 0 Å². The Kier molecular flexibility index (Phi) is 3.43. The molecule has 1 rings (SSSR count). The molecule has 0 bridgehead atoms. The molecule has 72 valence electrons. The van der Waals surface area contributed by atoms with Gasteiger partial charge in [-0.15, -0.1) is 11.8 Å². The Balaban J connectivity index is 2.92. The molecule has 0 radical (unpaired) electrons. The molecule has 0 atom stereocenters. The van der Waals surface area contributed by atoms with Crippen LogP contribution in [0.5, 0.6) is 0 Å². The minimum absolute atomic E-state index is 0.268. The smallest absolute Gasteiger partial charge is 0.00747 e. The van der Waals surface area contributed by atoms with E-state index in [1.54, 1.807) is 0 Å². The molecule has 0 spiro atoms. The predicted octanol–water partition coefficient (Wildman–Crippen LogP) is 4.10. The molecule has 0 aliphatic rings. The molecular weight excluding hydrogens is 176 g/mol. The van der Waals surface area contributed by atoms with E-state index in [4.69, 9.17) is 0 Å². The van der Waals surface area contributed by atoms with Crippen molar-refractivity contribution in [3.05, 3.63) is 29.8 Å². The molecule has 0 saturated carbocycles. The van der Waals surface area contributed by atoms with Crippen LogP contribution in [0.15, 0.2) is 29.2 Å². The average Bonchev–Trinajstić information content (AvgIpc) is 2.04. The van der Waals surface area contributed by atoms with Gasteiger partial charge in [-0.3, -0.25) is 0 Å². The van der Waals surface area contributed by atoms with E-state index in [0.717, 1.165) is 5.75 Å². The van der Waals surface area contributed by atoms with Crippen molar-refractivity contribution in [2.75, 3.05) is 5.75 Å². The summed E-state index contributed by atoms with van der Waals surface area (Å²) in [6, 6.07) is 8.84. The van der Waals surface area contributed by atoms with Gasteiger partial charge in [-0.25, -0.2) is 0 Å². The zero-order chi connectivity index (χ0) is 9.90. The maximum atomic E-state index is 2.30. The molecule has 1 aromatic rings. The lowest BCUT2D eigenvalue weighted by Crippen LogP contribution is -2.10. The predicted molar refractivity (Wildman–Crippen MR) is 61.5 cm³/mol. The van der Waals surface area contributed by atoms with Gasteiger partial charge in [0.1, 0.15) is 0 Å². The Morgan fingerprint density at radius 1 is 1.23 bits per heavy atom. The van der Waals surface area contributed by atoms with E-state index in [2.05, 4.69) is 52.0 Å². The van der Waals surface area contributed by atoms with Crippen molar-refractivity contribution in [3.63, 3.8) is 0 Å². The molecular formula is C12H18S. The molecule has 0 aliphatic carbocycles. The van der Waals surface area contributed by atoms with E-state index in [-0.39, 0.29) is 5.41 Å². The summed E-state index contributed by atoms with van der Waals surface area (Å²) in [6.45, 7) is 8.95. The summed E-state index contributed by atoms with van der Waals surface area (Å²) in [5.74, 6) is 1.15. The van der Waals surface area contributed by atoms with E-state index >= 15 is 0 Å². The third-order valence-electron chi connectivity index (χ3n) is 2.01. The van der Waals surface area contributed by atoms with E-state index in [1.165, 1.54) is 10.5 Å². The van der Waals surface area contributed by atoms with E-state index in [0.29, 0.717) is 0 Å². The van der Waals surface area contributed by atoms with Crippen LogP contribution in [0.25, 0.3) is 0 Å². The molecule has 0 unspecified atom stereocenters. The minimum atomic E-state index is 0.268. The van der Waals surface area contributed by atoms with Crippen molar-refractivity contribution in [1.29, 1.82) is 0 Å². The zero-order valence-corrected chi connectivity index (χ0v) is 9.74. The topological polar surface area (TPSA) is 0 Å². The van der Waals surface area contributed by atoms with Gasteiger partial charge >= 0.3 is 0 Å². The Morgan fingerprint density at radius 2 is 1.92 bits per heavy atom. The molecule has 1 heteroatoms. The quantitative estimate of drug-likeness (QED) is 0.639. The summed E-state index contributed by atoms with van der Waals surface area (Å²) in [7, 11) is 0. The van der Waals surface area contributed by atoms with Crippen LogP contribution in [0, 0.1) is 0 Å². The van der Waals surface area contributed by atoms with Gasteiger partial charge in [-0.1, -0.05) is 39.8 Å². The second-order valence-corrected chi connectivity index (χ2v) is 5.55. The minimum Gasteiger partial charge on any atom is -0.126 e. The Bertz CT molecular complexity index is 271. The van der Waals surface area contributed by atoms with E-state index < -0.39 is 0 Å². The first-order valence-corrected chi connectivity index (χ1v) is 5.76. The first-order valence-electron chi connectivity index (χ1n) is 4.77. The highest BCUT2D eigenvalue weighted by molar-refractivity contribution is 7.99. The van der Waals surface area contributed by atoms with Crippen LogP contribution in [0.1, 0.15) is 33.3 Å². The summed E-state index contributed by atoms with van der Waals surface area (Å²) in [5, 5.41) is 0. The van der Waals surface area contributed by atoms with Crippen molar-refractivity contribution in [2.45, 2.75) is 38.0 Å². The van der Waals surface area contributed by atoms with Crippen LogP contribution in [-0.4, -0.2) is 5.75 Å². The maximum absolute atomic E-state index is 2.30. The summed E-state index contributed by atoms with van der Waals surface area (Å²) in [5.41, 5.74) is 1.69. The summed E-state index contributed by atoms with van der Waals surface area (Å²) in [6.07, 6.45) is 0. The van der Waals surface area contributed by atoms with E-state index in [1.807, 2.05) is 11.8 Å². The standard InChI is InChI=1S/C12H18S/c1-5-13-11-8-6-7-10(9-11)12(2,3)4/h6-9H,5H2,1-4H3. The van der Waals surface area contributed by atoms with Gasteiger partial charge in [0.2, 0.25) is 0 Å². The normalized spacial score (nSPS) is 11.7. The lowest BCUT2D eigenvalue weighted by Gasteiger charge is -2.19. The Morgan fingerprint density at radius 3 is 2.46 bits per heavy atom. The van der Waals surface area contributed by atoms with Crippen molar-refractivity contribution in [2.24, 2.45) is 0 Å². The van der Waals surface area contributed by atoms with E-state index in [9.17, 15) is 0 Å². The highest BCUT2D eigenvalue weighted by Gasteiger charge is 2.13. The number of hydrogen-bond donors (Lipinski definition) is 0. The Labute approximate surface area is 85.7 Å². The van der Waals surface area contributed by atoms with Crippen LogP contribution >= 0.6 is 11.8 Å². The molecule has 0 heterocycles. The lowest BCUT2D eigenvalue weighted by molar-refractivity contribution is 0.588. The second-order valence-electron chi connectivity index (χ2n) is 4.21. The summed E-state index contributed by atoms with van der Waals surface area (Å²) >= 11 is 1.91. The third-order valence-corrected chi connectivity index (χ3v) is 2.89. The van der Waals surface area contributed by atoms with Crippen molar-refractivity contribution in [3.8, 4) is 0 Å². The van der Waals surface area contributed by atoms with Gasteiger partial charge in [-0.2, -0.15) is 0 Å². The second kappa shape index (κ2) is 4.19. The van der Waals surface area contributed by atoms with Crippen LogP contribution < -0.4 is 0 Å². The number of benzene rings is 1. The molecule has 13 heavy (non-hydrogen) atoms. The van der Waals surface area contributed by atoms with Crippen LogP contribution in [0.2, 0.25) is 0 Å². The van der Waals surface area contributed by atoms with Crippen molar-refractivity contribution >= 4 is 11.8 Å². The fourth-order valence-electron chi connectivity index (χ4n) is 1.22. The number of hydrogen-bond acceptors (Lipinski definition) is 1. The largest absolute Gasteiger partial charge is 0.126 e. The molecule has 0 amide bonds. The van der Waals surface area contributed by atoms with Gasteiger partial charge < -0.3 is 0 Å². The highest BCUT2D eigenvalue weighted by atomic mass is 32.2. The monoisotopic (exact) mass is 194 g/mol. The lowest BCUT2D eigenvalue weighted by atomic mass is 9.87. The molecule has 0 fully saturated rings. The molecule has 0 saturated heterocycles. The summed E-state index contributed by atoms with van der Waals surface area (Å²) in [4.78, 5) is 1.38. The molecule has 0 aromatic heterocycles. The van der Waals surface area contributed by atoms with Crippen LogP contribution in [-0.2, 0) is 5.41 Å². The fraction of sp³-hybridized carbons (Fsp3) is 0.500. The van der Waals surface area contributed by atoms with Crippen LogP contribution in [0.4, 0.5) is 0 Å². The third kappa shape index (κ3) is 3.07. The zero-order valence-electron chi connectivity index (χ0n) is 8.92. The first-order chi connectivity index (χ1) is 6.04. The fourth-order valence-corrected chi connectivity index (χ4v) is 1.94. The SMILES string of the molecule is CCSc1cccc(C(C)(C)C)c1. The van der Waals surface area contributed by atoms with Gasteiger partial charge in [0, 0.05) is 4.90 Å². The van der Waals surface area contributed by atoms with Gasteiger partial charge in [0.15, 0.2) is 0 Å². The summed E-state index contributed by atoms with van der Waals surface area (Å²) < 4.78 is 0. The van der Waals surface area contributed by atoms with Gasteiger partial charge in [-0.05, 0) is 28.9 Å². The molecule has 1 aromatic carbocycles. The Hall–Kier alpha value is -0.430. The van der Waals surface area contributed by atoms with Gasteiger partial charge in [0.25, 0.3) is 0 Å².